The van der Waals surface area contributed by atoms with Gasteiger partial charge in [0.05, 0.1) is 18.6 Å². The van der Waals surface area contributed by atoms with Crippen LogP contribution in [0.2, 0.25) is 0 Å². The summed E-state index contributed by atoms with van der Waals surface area (Å²) in [5.74, 6) is 0.173. The van der Waals surface area contributed by atoms with Gasteiger partial charge < -0.3 is 4.74 Å². The SMILES string of the molecule is CCCCCCCCCCCCc1ccc(-c2ccc(C(=O)CC(=O)c3ccccc3OCCCC)cc2)cc1. The molecule has 40 heavy (non-hydrogen) atoms. The van der Waals surface area contributed by atoms with E-state index in [2.05, 4.69) is 38.1 Å². The molecule has 0 unspecified atom stereocenters. The standard InChI is InChI=1S/C37H48O3/c1-3-5-7-8-9-10-11-12-13-14-17-30-20-22-31(23-21-30)32-24-26-33(27-25-32)35(38)29-36(39)34-18-15-16-19-37(34)40-28-6-4-2/h15-16,18-27H,3-14,17,28-29H2,1-2H3. The molecule has 3 aromatic rings. The zero-order valence-corrected chi connectivity index (χ0v) is 24.8. The van der Waals surface area contributed by atoms with Crippen LogP contribution in [-0.2, 0) is 6.42 Å². The van der Waals surface area contributed by atoms with E-state index in [1.807, 2.05) is 36.4 Å². The summed E-state index contributed by atoms with van der Waals surface area (Å²) in [6.07, 6.45) is 16.5. The van der Waals surface area contributed by atoms with Crippen LogP contribution in [0.15, 0.2) is 72.8 Å². The van der Waals surface area contributed by atoms with Gasteiger partial charge >= 0.3 is 0 Å². The van der Waals surface area contributed by atoms with Gasteiger partial charge in [0, 0.05) is 5.56 Å². The molecule has 0 fully saturated rings. The number of hydrogen-bond acceptors (Lipinski definition) is 3. The fourth-order valence-electron chi connectivity index (χ4n) is 5.02. The van der Waals surface area contributed by atoms with Crippen LogP contribution in [0.25, 0.3) is 11.1 Å². The van der Waals surface area contributed by atoms with Crippen molar-refractivity contribution in [3.05, 3.63) is 89.5 Å². The van der Waals surface area contributed by atoms with Gasteiger partial charge in [-0.05, 0) is 48.1 Å². The molecule has 0 N–H and O–H groups in total. The maximum atomic E-state index is 12.9. The van der Waals surface area contributed by atoms with Crippen LogP contribution in [0.5, 0.6) is 5.75 Å². The van der Waals surface area contributed by atoms with Gasteiger partial charge in [0.15, 0.2) is 11.6 Å². The van der Waals surface area contributed by atoms with Crippen molar-refractivity contribution in [2.45, 2.75) is 104 Å². The molecule has 3 heteroatoms. The second-order valence-corrected chi connectivity index (χ2v) is 10.9. The number of unbranched alkanes of at least 4 members (excludes halogenated alkanes) is 10. The third-order valence-electron chi connectivity index (χ3n) is 7.58. The second kappa shape index (κ2) is 18.2. The molecule has 0 aromatic heterocycles. The van der Waals surface area contributed by atoms with E-state index < -0.39 is 0 Å². The lowest BCUT2D eigenvalue weighted by Gasteiger charge is -2.10. The first-order valence-corrected chi connectivity index (χ1v) is 15.6. The molecule has 0 spiro atoms. The number of carbonyl (C=O) groups is 2. The first-order chi connectivity index (χ1) is 19.6. The molecule has 0 aliphatic carbocycles. The Kier molecular flexibility index (Phi) is 14.3. The Morgan fingerprint density at radius 1 is 0.575 bits per heavy atom. The summed E-state index contributed by atoms with van der Waals surface area (Å²) in [4.78, 5) is 25.8. The highest BCUT2D eigenvalue weighted by Crippen LogP contribution is 2.24. The van der Waals surface area contributed by atoms with Gasteiger partial charge in [0.1, 0.15) is 5.75 Å². The minimum absolute atomic E-state index is 0.166. The van der Waals surface area contributed by atoms with Crippen molar-refractivity contribution in [3.63, 3.8) is 0 Å². The van der Waals surface area contributed by atoms with Crippen molar-refractivity contribution in [2.75, 3.05) is 6.61 Å². The predicted octanol–water partition coefficient (Wildman–Crippen LogP) is 10.5. The number of carbonyl (C=O) groups excluding carboxylic acids is 2. The minimum atomic E-state index is -0.209. The first-order valence-electron chi connectivity index (χ1n) is 15.6. The molecule has 0 radical (unpaired) electrons. The molecule has 0 amide bonds. The summed E-state index contributed by atoms with van der Waals surface area (Å²) in [5.41, 5.74) is 4.62. The number of ketones is 2. The van der Waals surface area contributed by atoms with Crippen LogP contribution < -0.4 is 4.74 Å². The zero-order chi connectivity index (χ0) is 28.4. The third kappa shape index (κ3) is 10.8. The van der Waals surface area contributed by atoms with Crippen molar-refractivity contribution in [1.82, 2.24) is 0 Å². The van der Waals surface area contributed by atoms with E-state index >= 15 is 0 Å². The van der Waals surface area contributed by atoms with Gasteiger partial charge in [0.2, 0.25) is 0 Å². The quantitative estimate of drug-likeness (QED) is 0.0813. The lowest BCUT2D eigenvalue weighted by Crippen LogP contribution is -2.10. The largest absolute Gasteiger partial charge is 0.493 e. The average Bonchev–Trinajstić information content (AvgIpc) is 2.99. The molecule has 0 bridgehead atoms. The Bertz CT molecular complexity index is 1140. The highest BCUT2D eigenvalue weighted by molar-refractivity contribution is 6.14. The smallest absolute Gasteiger partial charge is 0.174 e. The number of aryl methyl sites for hydroxylation is 1. The zero-order valence-electron chi connectivity index (χ0n) is 24.8. The average molecular weight is 541 g/mol. The van der Waals surface area contributed by atoms with Crippen LogP contribution in [0.4, 0.5) is 0 Å². The molecular weight excluding hydrogens is 492 g/mol. The summed E-state index contributed by atoms with van der Waals surface area (Å²) in [6, 6.07) is 23.6. The van der Waals surface area contributed by atoms with E-state index in [0.29, 0.717) is 23.5 Å². The van der Waals surface area contributed by atoms with Gasteiger partial charge in [-0.3, -0.25) is 9.59 Å². The van der Waals surface area contributed by atoms with Gasteiger partial charge in [-0.1, -0.05) is 139 Å². The number of hydrogen-bond donors (Lipinski definition) is 0. The molecular formula is C37H48O3. The summed E-state index contributed by atoms with van der Waals surface area (Å²) in [7, 11) is 0. The van der Waals surface area contributed by atoms with Gasteiger partial charge in [-0.25, -0.2) is 0 Å². The fraction of sp³-hybridized carbons (Fsp3) is 0.459. The number of para-hydroxylation sites is 1. The highest BCUT2D eigenvalue weighted by Gasteiger charge is 2.17. The van der Waals surface area contributed by atoms with Crippen molar-refractivity contribution >= 4 is 11.6 Å². The van der Waals surface area contributed by atoms with Crippen LogP contribution in [0.1, 0.15) is 124 Å². The minimum Gasteiger partial charge on any atom is -0.493 e. The molecule has 3 aromatic carbocycles. The Labute approximate surface area is 242 Å². The Morgan fingerprint density at radius 2 is 1.12 bits per heavy atom. The third-order valence-corrected chi connectivity index (χ3v) is 7.58. The molecule has 3 nitrogen and oxygen atoms in total. The maximum absolute atomic E-state index is 12.9. The highest BCUT2D eigenvalue weighted by atomic mass is 16.5. The van der Waals surface area contributed by atoms with Crippen molar-refractivity contribution in [1.29, 1.82) is 0 Å². The van der Waals surface area contributed by atoms with Crippen molar-refractivity contribution < 1.29 is 14.3 Å². The van der Waals surface area contributed by atoms with Crippen LogP contribution in [0, 0.1) is 0 Å². The molecule has 0 heterocycles. The van der Waals surface area contributed by atoms with Gasteiger partial charge in [0.25, 0.3) is 0 Å². The van der Waals surface area contributed by atoms with Crippen molar-refractivity contribution in [2.24, 2.45) is 0 Å². The molecule has 0 aliphatic rings. The van der Waals surface area contributed by atoms with Gasteiger partial charge in [-0.15, -0.1) is 0 Å². The normalized spacial score (nSPS) is 10.9. The predicted molar refractivity (Wildman–Crippen MR) is 168 cm³/mol. The molecule has 0 aliphatic heterocycles. The lowest BCUT2D eigenvalue weighted by molar-refractivity contribution is 0.0892. The fourth-order valence-corrected chi connectivity index (χ4v) is 5.02. The summed E-state index contributed by atoms with van der Waals surface area (Å²) in [5, 5.41) is 0. The topological polar surface area (TPSA) is 43.4 Å². The maximum Gasteiger partial charge on any atom is 0.174 e. The molecule has 214 valence electrons. The molecule has 0 saturated heterocycles. The van der Waals surface area contributed by atoms with E-state index in [4.69, 9.17) is 4.74 Å². The second-order valence-electron chi connectivity index (χ2n) is 10.9. The number of ether oxygens (including phenoxy) is 1. The van der Waals surface area contributed by atoms with Gasteiger partial charge in [-0.2, -0.15) is 0 Å². The lowest BCUT2D eigenvalue weighted by atomic mass is 9.97. The number of benzene rings is 3. The Balaban J connectivity index is 1.43. The summed E-state index contributed by atoms with van der Waals surface area (Å²) >= 11 is 0. The van der Waals surface area contributed by atoms with Crippen LogP contribution >= 0.6 is 0 Å². The van der Waals surface area contributed by atoms with Crippen LogP contribution in [0.3, 0.4) is 0 Å². The number of rotatable bonds is 20. The van der Waals surface area contributed by atoms with E-state index in [1.165, 1.54) is 69.8 Å². The molecule has 3 rings (SSSR count). The van der Waals surface area contributed by atoms with Crippen molar-refractivity contribution in [3.8, 4) is 16.9 Å². The Hall–Kier alpha value is -3.20. The van der Waals surface area contributed by atoms with Crippen LogP contribution in [-0.4, -0.2) is 18.2 Å². The first kappa shape index (κ1) is 31.3. The van der Waals surface area contributed by atoms with E-state index in [-0.39, 0.29) is 18.0 Å². The monoisotopic (exact) mass is 540 g/mol. The van der Waals surface area contributed by atoms with E-state index in [0.717, 1.165) is 30.4 Å². The number of Topliss-reactive ketones (excluding diaryl/α,β-unsaturated/α-hetero) is 2. The van der Waals surface area contributed by atoms with E-state index in [1.54, 1.807) is 12.1 Å². The summed E-state index contributed by atoms with van der Waals surface area (Å²) < 4.78 is 5.78. The summed E-state index contributed by atoms with van der Waals surface area (Å²) in [6.45, 7) is 4.93. The molecule has 0 saturated carbocycles. The Morgan fingerprint density at radius 3 is 1.75 bits per heavy atom. The molecule has 0 atom stereocenters. The van der Waals surface area contributed by atoms with E-state index in [9.17, 15) is 9.59 Å².